The van der Waals surface area contributed by atoms with E-state index in [0.29, 0.717) is 0 Å². The molecule has 0 aliphatic heterocycles. The second-order valence-corrected chi connectivity index (χ2v) is 6.70. The van der Waals surface area contributed by atoms with Crippen LogP contribution < -0.4 is 0 Å². The number of hydrogen-bond donors (Lipinski definition) is 0. The lowest BCUT2D eigenvalue weighted by Crippen LogP contribution is -1.84. The summed E-state index contributed by atoms with van der Waals surface area (Å²) in [5.41, 5.74) is 0.877. The lowest BCUT2D eigenvalue weighted by Gasteiger charge is -2.03. The van der Waals surface area contributed by atoms with Crippen molar-refractivity contribution in [3.05, 3.63) is 11.9 Å². The highest BCUT2D eigenvalue weighted by atomic mass is 19.1. The summed E-state index contributed by atoms with van der Waals surface area (Å²) in [6.45, 7) is 1.72. The first kappa shape index (κ1) is 21.6. The first-order chi connectivity index (χ1) is 10.8. The number of hydrogen-bond acceptors (Lipinski definition) is 0. The molecule has 0 bridgehead atoms. The molecule has 0 aromatic rings. The molecular weight excluding hydrogens is 278 g/mol. The topological polar surface area (TPSA) is 0 Å². The molecule has 0 heterocycles. The van der Waals surface area contributed by atoms with Gasteiger partial charge in [0, 0.05) is 0 Å². The van der Waals surface area contributed by atoms with Crippen molar-refractivity contribution in [2.45, 2.75) is 110 Å². The van der Waals surface area contributed by atoms with Gasteiger partial charge in [-0.1, -0.05) is 83.5 Å². The highest BCUT2D eigenvalue weighted by Gasteiger charge is 1.95. The van der Waals surface area contributed by atoms with Gasteiger partial charge in [-0.2, -0.15) is 0 Å². The SMILES string of the molecule is CC(=CF)CCCCCCCCCCCCCCCCCF. The van der Waals surface area contributed by atoms with Gasteiger partial charge in [0.05, 0.1) is 13.0 Å². The number of unbranched alkanes of at least 4 members (excludes halogenated alkanes) is 14. The Balaban J connectivity index is 3.00. The van der Waals surface area contributed by atoms with Crippen LogP contribution in [-0.4, -0.2) is 6.67 Å². The van der Waals surface area contributed by atoms with Crippen molar-refractivity contribution >= 4 is 0 Å². The van der Waals surface area contributed by atoms with Crippen LogP contribution in [0.1, 0.15) is 110 Å². The van der Waals surface area contributed by atoms with Crippen LogP contribution >= 0.6 is 0 Å². The Kier molecular flexibility index (Phi) is 18.3. The summed E-state index contributed by atoms with van der Waals surface area (Å²) >= 11 is 0. The molecule has 0 unspecified atom stereocenters. The van der Waals surface area contributed by atoms with Gasteiger partial charge in [-0.15, -0.1) is 0 Å². The van der Waals surface area contributed by atoms with Crippen molar-refractivity contribution in [2.24, 2.45) is 0 Å². The average molecular weight is 317 g/mol. The van der Waals surface area contributed by atoms with Crippen molar-refractivity contribution in [1.82, 2.24) is 0 Å². The van der Waals surface area contributed by atoms with Crippen LogP contribution in [0.3, 0.4) is 0 Å². The molecule has 0 nitrogen and oxygen atoms in total. The molecular formula is C20H38F2. The van der Waals surface area contributed by atoms with E-state index in [9.17, 15) is 8.78 Å². The van der Waals surface area contributed by atoms with E-state index in [1.807, 2.05) is 6.92 Å². The maximum atomic E-state index is 12.1. The maximum absolute atomic E-state index is 12.1. The molecule has 0 atom stereocenters. The zero-order valence-electron chi connectivity index (χ0n) is 14.9. The maximum Gasteiger partial charge on any atom is 0.0894 e. The molecule has 0 aromatic heterocycles. The molecule has 0 aliphatic rings. The van der Waals surface area contributed by atoms with Crippen molar-refractivity contribution in [2.75, 3.05) is 6.67 Å². The smallest absolute Gasteiger partial charge is 0.0894 e. The Morgan fingerprint density at radius 3 is 1.23 bits per heavy atom. The molecule has 0 radical (unpaired) electrons. The Hall–Kier alpha value is -0.400. The van der Waals surface area contributed by atoms with Gasteiger partial charge in [-0.05, 0) is 31.8 Å². The van der Waals surface area contributed by atoms with Gasteiger partial charge in [0.2, 0.25) is 0 Å². The number of alkyl halides is 1. The molecule has 0 fully saturated rings. The Bertz CT molecular complexity index is 236. The third-order valence-electron chi connectivity index (χ3n) is 4.39. The summed E-state index contributed by atoms with van der Waals surface area (Å²) in [7, 11) is 0. The molecule has 0 N–H and O–H groups in total. The fraction of sp³-hybridized carbons (Fsp3) is 0.900. The van der Waals surface area contributed by atoms with Gasteiger partial charge in [-0.25, -0.2) is 4.39 Å². The predicted octanol–water partition coefficient (Wildman–Crippen LogP) is 8.07. The first-order valence-electron chi connectivity index (χ1n) is 9.63. The molecule has 0 aromatic carbocycles. The Labute approximate surface area is 137 Å². The second-order valence-electron chi connectivity index (χ2n) is 6.70. The van der Waals surface area contributed by atoms with Crippen LogP contribution in [0.15, 0.2) is 11.9 Å². The predicted molar refractivity (Wildman–Crippen MR) is 94.7 cm³/mol. The van der Waals surface area contributed by atoms with E-state index >= 15 is 0 Å². The summed E-state index contributed by atoms with van der Waals surface area (Å²) in [6.07, 6.45) is 20.6. The Morgan fingerprint density at radius 1 is 0.591 bits per heavy atom. The quantitative estimate of drug-likeness (QED) is 0.238. The van der Waals surface area contributed by atoms with Crippen LogP contribution in [0.5, 0.6) is 0 Å². The zero-order valence-corrected chi connectivity index (χ0v) is 14.9. The third kappa shape index (κ3) is 17.7. The fourth-order valence-corrected chi connectivity index (χ4v) is 2.85. The van der Waals surface area contributed by atoms with E-state index in [2.05, 4.69) is 0 Å². The summed E-state index contributed by atoms with van der Waals surface area (Å²) in [5.74, 6) is 0. The highest BCUT2D eigenvalue weighted by Crippen LogP contribution is 2.14. The van der Waals surface area contributed by atoms with E-state index in [1.165, 1.54) is 77.0 Å². The molecule has 2 heteroatoms. The standard InChI is InChI=1S/C20H38F2/c1-20(19-22)17-15-13-11-9-7-5-3-2-4-6-8-10-12-14-16-18-21/h19H,2-18H2,1H3. The van der Waals surface area contributed by atoms with Crippen LogP contribution in [0.4, 0.5) is 8.78 Å². The molecule has 0 rings (SSSR count). The lowest BCUT2D eigenvalue weighted by molar-refractivity contribution is 0.448. The van der Waals surface area contributed by atoms with Crippen molar-refractivity contribution in [3.8, 4) is 0 Å². The molecule has 0 spiro atoms. The minimum absolute atomic E-state index is 0.145. The minimum Gasteiger partial charge on any atom is -0.251 e. The van der Waals surface area contributed by atoms with E-state index < -0.39 is 0 Å². The number of allylic oxidation sites excluding steroid dienone is 1. The highest BCUT2D eigenvalue weighted by molar-refractivity contribution is 4.91. The number of halogens is 2. The van der Waals surface area contributed by atoms with Gasteiger partial charge in [0.15, 0.2) is 0 Å². The number of rotatable bonds is 17. The van der Waals surface area contributed by atoms with E-state index in [0.717, 1.165) is 37.6 Å². The molecule has 0 saturated heterocycles. The molecule has 0 aliphatic carbocycles. The van der Waals surface area contributed by atoms with Crippen LogP contribution in [0.2, 0.25) is 0 Å². The van der Waals surface area contributed by atoms with Gasteiger partial charge >= 0.3 is 0 Å². The third-order valence-corrected chi connectivity index (χ3v) is 4.39. The summed E-state index contributed by atoms with van der Waals surface area (Å²) in [6, 6.07) is 0. The lowest BCUT2D eigenvalue weighted by atomic mass is 10.0. The van der Waals surface area contributed by atoms with E-state index in [1.54, 1.807) is 0 Å². The molecule has 0 saturated carbocycles. The second kappa shape index (κ2) is 18.6. The van der Waals surface area contributed by atoms with E-state index in [4.69, 9.17) is 0 Å². The normalized spacial score (nSPS) is 12.0. The van der Waals surface area contributed by atoms with Crippen molar-refractivity contribution < 1.29 is 8.78 Å². The van der Waals surface area contributed by atoms with Gasteiger partial charge in [0.1, 0.15) is 0 Å². The van der Waals surface area contributed by atoms with Gasteiger partial charge in [0.25, 0.3) is 0 Å². The summed E-state index contributed by atoms with van der Waals surface area (Å²) < 4.78 is 24.0. The fourth-order valence-electron chi connectivity index (χ4n) is 2.85. The minimum atomic E-state index is -0.145. The average Bonchev–Trinajstić information content (AvgIpc) is 2.54. The Morgan fingerprint density at radius 2 is 0.909 bits per heavy atom. The summed E-state index contributed by atoms with van der Waals surface area (Å²) in [4.78, 5) is 0. The van der Waals surface area contributed by atoms with Crippen molar-refractivity contribution in [1.29, 1.82) is 0 Å². The molecule has 22 heavy (non-hydrogen) atoms. The van der Waals surface area contributed by atoms with Crippen LogP contribution in [-0.2, 0) is 0 Å². The zero-order chi connectivity index (χ0) is 16.3. The largest absolute Gasteiger partial charge is 0.251 e. The molecule has 0 amide bonds. The van der Waals surface area contributed by atoms with Crippen LogP contribution in [0.25, 0.3) is 0 Å². The monoisotopic (exact) mass is 316 g/mol. The van der Waals surface area contributed by atoms with E-state index in [-0.39, 0.29) is 6.67 Å². The van der Waals surface area contributed by atoms with Gasteiger partial charge < -0.3 is 0 Å². The summed E-state index contributed by atoms with van der Waals surface area (Å²) in [5, 5.41) is 0. The van der Waals surface area contributed by atoms with Crippen LogP contribution in [0, 0.1) is 0 Å². The first-order valence-corrected chi connectivity index (χ1v) is 9.63. The van der Waals surface area contributed by atoms with Crippen molar-refractivity contribution in [3.63, 3.8) is 0 Å². The van der Waals surface area contributed by atoms with Gasteiger partial charge in [-0.3, -0.25) is 4.39 Å². The molecule has 132 valence electrons.